The van der Waals surface area contributed by atoms with Crippen molar-refractivity contribution in [3.63, 3.8) is 0 Å². The van der Waals surface area contributed by atoms with E-state index in [1.165, 1.54) is 12.1 Å². The lowest BCUT2D eigenvalue weighted by Gasteiger charge is -2.26. The molecule has 37 heavy (non-hydrogen) atoms. The average molecular weight is 511 g/mol. The Balaban J connectivity index is 1.33. The molecule has 5 rings (SSSR count). The number of pyridine rings is 1. The summed E-state index contributed by atoms with van der Waals surface area (Å²) in [6, 6.07) is 13.1. The van der Waals surface area contributed by atoms with Crippen LogP contribution in [0.15, 0.2) is 60.8 Å². The molecule has 0 aliphatic carbocycles. The van der Waals surface area contributed by atoms with E-state index >= 15 is 0 Å². The van der Waals surface area contributed by atoms with E-state index in [-0.39, 0.29) is 5.69 Å². The Labute approximate surface area is 211 Å². The molecule has 4 aromatic rings. The van der Waals surface area contributed by atoms with Crippen molar-refractivity contribution < 1.29 is 22.7 Å². The van der Waals surface area contributed by atoms with Gasteiger partial charge in [0.15, 0.2) is 5.65 Å². The van der Waals surface area contributed by atoms with Crippen molar-refractivity contribution in [2.45, 2.75) is 12.7 Å². The van der Waals surface area contributed by atoms with Gasteiger partial charge in [-0.3, -0.25) is 9.58 Å². The number of aromatic nitrogens is 3. The number of alkyl halides is 3. The second-order valence-corrected chi connectivity index (χ2v) is 8.79. The summed E-state index contributed by atoms with van der Waals surface area (Å²) in [5, 5.41) is 10.4. The number of hydrogen-bond donors (Lipinski definition) is 2. The number of anilines is 2. The van der Waals surface area contributed by atoms with E-state index in [0.29, 0.717) is 25.4 Å². The number of halogens is 3. The Morgan fingerprint density at radius 3 is 2.49 bits per heavy atom. The zero-order valence-electron chi connectivity index (χ0n) is 20.0. The quantitative estimate of drug-likeness (QED) is 0.389. The van der Waals surface area contributed by atoms with Crippen molar-refractivity contribution in [3.8, 4) is 11.1 Å². The Bertz CT molecular complexity index is 1410. The molecule has 1 aliphatic heterocycles. The van der Waals surface area contributed by atoms with E-state index < -0.39 is 17.8 Å². The first-order chi connectivity index (χ1) is 17.8. The maximum atomic E-state index is 12.9. The first kappa shape index (κ1) is 24.7. The number of ether oxygens (including phenoxy) is 1. The zero-order chi connectivity index (χ0) is 26.0. The SMILES string of the molecule is Cn1ncc2c(-c3ccc(NC(=O)Nc4cccc(C(F)(F)F)c4)cc3)cc(CN3CCOCC3)nc21. The number of nitrogens with one attached hydrogen (secondary N) is 2. The van der Waals surface area contributed by atoms with E-state index in [4.69, 9.17) is 9.72 Å². The topological polar surface area (TPSA) is 84.3 Å². The Kier molecular flexibility index (Phi) is 6.81. The molecule has 3 heterocycles. The molecule has 192 valence electrons. The number of hydrogen-bond acceptors (Lipinski definition) is 5. The summed E-state index contributed by atoms with van der Waals surface area (Å²) in [7, 11) is 1.85. The molecular formula is C26H25F3N6O2. The van der Waals surface area contributed by atoms with Gasteiger partial charge in [0.1, 0.15) is 0 Å². The summed E-state index contributed by atoms with van der Waals surface area (Å²) in [5.74, 6) is 0. The highest BCUT2D eigenvalue weighted by molar-refractivity contribution is 6.00. The van der Waals surface area contributed by atoms with Crippen LogP contribution in [0.25, 0.3) is 22.2 Å². The number of morpholine rings is 1. The molecule has 2 aromatic carbocycles. The van der Waals surface area contributed by atoms with Gasteiger partial charge in [-0.05, 0) is 47.5 Å². The Hall–Kier alpha value is -3.96. The summed E-state index contributed by atoms with van der Waals surface area (Å²) in [4.78, 5) is 19.5. The van der Waals surface area contributed by atoms with Gasteiger partial charge in [0.2, 0.25) is 0 Å². The lowest BCUT2D eigenvalue weighted by atomic mass is 10.0. The van der Waals surface area contributed by atoms with Crippen LogP contribution in [-0.4, -0.2) is 52.0 Å². The first-order valence-corrected chi connectivity index (χ1v) is 11.7. The van der Waals surface area contributed by atoms with Crippen LogP contribution in [0.5, 0.6) is 0 Å². The molecule has 0 atom stereocenters. The largest absolute Gasteiger partial charge is 0.416 e. The van der Waals surface area contributed by atoms with E-state index in [2.05, 4.69) is 26.7 Å². The van der Waals surface area contributed by atoms with E-state index in [0.717, 1.165) is 53.1 Å². The minimum absolute atomic E-state index is 0.0486. The highest BCUT2D eigenvalue weighted by Gasteiger charge is 2.30. The Morgan fingerprint density at radius 2 is 1.76 bits per heavy atom. The summed E-state index contributed by atoms with van der Waals surface area (Å²) in [5.41, 5.74) is 3.32. The zero-order valence-corrected chi connectivity index (χ0v) is 20.0. The monoisotopic (exact) mass is 510 g/mol. The van der Waals surface area contributed by atoms with Crippen LogP contribution >= 0.6 is 0 Å². The molecule has 1 saturated heterocycles. The van der Waals surface area contributed by atoms with Crippen LogP contribution in [0.3, 0.4) is 0 Å². The van der Waals surface area contributed by atoms with Crippen molar-refractivity contribution in [1.29, 1.82) is 0 Å². The molecule has 2 amide bonds. The van der Waals surface area contributed by atoms with Crippen LogP contribution < -0.4 is 10.6 Å². The number of fused-ring (bicyclic) bond motifs is 1. The number of nitrogens with zero attached hydrogens (tertiary/aromatic N) is 4. The molecule has 1 aliphatic rings. The number of carbonyl (C=O) groups excluding carboxylic acids is 1. The number of aryl methyl sites for hydroxylation is 1. The highest BCUT2D eigenvalue weighted by Crippen LogP contribution is 2.31. The van der Waals surface area contributed by atoms with Crippen LogP contribution in [0.1, 0.15) is 11.3 Å². The molecule has 0 radical (unpaired) electrons. The normalized spacial score (nSPS) is 14.6. The minimum atomic E-state index is -4.49. The third kappa shape index (κ3) is 5.73. The van der Waals surface area contributed by atoms with Crippen LogP contribution in [0.4, 0.5) is 29.3 Å². The summed E-state index contributed by atoms with van der Waals surface area (Å²) >= 11 is 0. The Morgan fingerprint density at radius 1 is 1.03 bits per heavy atom. The fourth-order valence-electron chi connectivity index (χ4n) is 4.27. The van der Waals surface area contributed by atoms with Gasteiger partial charge in [-0.1, -0.05) is 18.2 Å². The maximum Gasteiger partial charge on any atom is 0.416 e. The third-order valence-electron chi connectivity index (χ3n) is 6.15. The summed E-state index contributed by atoms with van der Waals surface area (Å²) in [6.07, 6.45) is -2.70. The van der Waals surface area contributed by atoms with Gasteiger partial charge in [0, 0.05) is 43.4 Å². The second kappa shape index (κ2) is 10.2. The van der Waals surface area contributed by atoms with Gasteiger partial charge in [-0.2, -0.15) is 18.3 Å². The number of rotatable bonds is 5. The number of carbonyl (C=O) groups is 1. The molecule has 8 nitrogen and oxygen atoms in total. The molecule has 0 saturated carbocycles. The molecule has 0 bridgehead atoms. The maximum absolute atomic E-state index is 12.9. The fourth-order valence-corrected chi connectivity index (χ4v) is 4.27. The van der Waals surface area contributed by atoms with Gasteiger partial charge in [-0.15, -0.1) is 0 Å². The number of benzene rings is 2. The van der Waals surface area contributed by atoms with Gasteiger partial charge >= 0.3 is 12.2 Å². The van der Waals surface area contributed by atoms with E-state index in [1.54, 1.807) is 23.0 Å². The van der Waals surface area contributed by atoms with Crippen molar-refractivity contribution in [1.82, 2.24) is 19.7 Å². The second-order valence-electron chi connectivity index (χ2n) is 8.79. The first-order valence-electron chi connectivity index (χ1n) is 11.7. The number of urea groups is 1. The predicted octanol–water partition coefficient (Wildman–Crippen LogP) is 5.13. The molecule has 0 spiro atoms. The standard InChI is InChI=1S/C26H25F3N6O2/c1-34-24-23(15-30-34)22(14-21(31-24)16-35-9-11-37-12-10-35)17-5-7-19(8-6-17)32-25(36)33-20-4-2-3-18(13-20)26(27,28)29/h2-8,13-15H,9-12,16H2,1H3,(H2,32,33,36). The van der Waals surface area contributed by atoms with Gasteiger partial charge in [0.05, 0.1) is 30.7 Å². The molecule has 11 heteroatoms. The lowest BCUT2D eigenvalue weighted by molar-refractivity contribution is -0.137. The van der Waals surface area contributed by atoms with E-state index in [9.17, 15) is 18.0 Å². The molecule has 0 unspecified atom stereocenters. The van der Waals surface area contributed by atoms with E-state index in [1.807, 2.05) is 19.2 Å². The molecular weight excluding hydrogens is 485 g/mol. The van der Waals surface area contributed by atoms with Gasteiger partial charge in [-0.25, -0.2) is 9.78 Å². The average Bonchev–Trinajstić information content (AvgIpc) is 3.25. The summed E-state index contributed by atoms with van der Waals surface area (Å²) in [6.45, 7) is 3.81. The fraction of sp³-hybridized carbons (Fsp3) is 0.269. The van der Waals surface area contributed by atoms with Gasteiger partial charge < -0.3 is 15.4 Å². The van der Waals surface area contributed by atoms with Crippen molar-refractivity contribution in [2.75, 3.05) is 36.9 Å². The van der Waals surface area contributed by atoms with Crippen molar-refractivity contribution in [3.05, 3.63) is 72.1 Å². The highest BCUT2D eigenvalue weighted by atomic mass is 19.4. The molecule has 2 aromatic heterocycles. The van der Waals surface area contributed by atoms with Crippen molar-refractivity contribution >= 4 is 28.4 Å². The van der Waals surface area contributed by atoms with Crippen LogP contribution in [0, 0.1) is 0 Å². The summed E-state index contributed by atoms with van der Waals surface area (Å²) < 4.78 is 46.0. The van der Waals surface area contributed by atoms with Crippen LogP contribution in [0.2, 0.25) is 0 Å². The minimum Gasteiger partial charge on any atom is -0.379 e. The van der Waals surface area contributed by atoms with Crippen molar-refractivity contribution in [2.24, 2.45) is 7.05 Å². The lowest BCUT2D eigenvalue weighted by Crippen LogP contribution is -2.35. The molecule has 1 fully saturated rings. The van der Waals surface area contributed by atoms with Crippen LogP contribution in [-0.2, 0) is 24.5 Å². The number of amides is 2. The smallest absolute Gasteiger partial charge is 0.379 e. The van der Waals surface area contributed by atoms with Gasteiger partial charge in [0.25, 0.3) is 0 Å². The third-order valence-corrected chi connectivity index (χ3v) is 6.15. The molecule has 2 N–H and O–H groups in total. The predicted molar refractivity (Wildman–Crippen MR) is 134 cm³/mol.